The Bertz CT molecular complexity index is 435. The minimum absolute atomic E-state index is 0.0921. The number of rotatable bonds is 4. The second kappa shape index (κ2) is 4.37. The summed E-state index contributed by atoms with van der Waals surface area (Å²) in [5.41, 5.74) is 0.707. The van der Waals surface area contributed by atoms with Gasteiger partial charge in [-0.3, -0.25) is 0 Å². The van der Waals surface area contributed by atoms with Crippen molar-refractivity contribution in [3.8, 4) is 0 Å². The normalized spacial score (nSPS) is 12.4. The summed E-state index contributed by atoms with van der Waals surface area (Å²) >= 11 is 0.0921. The zero-order chi connectivity index (χ0) is 11.5. The van der Waals surface area contributed by atoms with Crippen LogP contribution in [0.5, 0.6) is 0 Å². The molecule has 0 aliphatic heterocycles. The van der Waals surface area contributed by atoms with Gasteiger partial charge in [0.05, 0.1) is 4.75 Å². The van der Waals surface area contributed by atoms with E-state index in [9.17, 15) is 12.6 Å². The summed E-state index contributed by atoms with van der Waals surface area (Å²) in [5.74, 6) is 0. The summed E-state index contributed by atoms with van der Waals surface area (Å²) < 4.78 is 33.0. The third-order valence-corrected chi connectivity index (χ3v) is 5.87. The number of sulfone groups is 1. The molecule has 3 nitrogen and oxygen atoms in total. The van der Waals surface area contributed by atoms with Crippen LogP contribution in [-0.4, -0.2) is 13.5 Å². The topological polar surface area (TPSA) is 51.2 Å². The highest BCUT2D eigenvalue weighted by Gasteiger charge is 2.39. The Kier molecular flexibility index (Phi) is 3.57. The van der Waals surface area contributed by atoms with Crippen LogP contribution in [0.15, 0.2) is 30.3 Å². The lowest BCUT2D eigenvalue weighted by molar-refractivity contribution is 0.558. The lowest BCUT2D eigenvalue weighted by Crippen LogP contribution is -2.31. The van der Waals surface area contributed by atoms with Crippen molar-refractivity contribution in [3.63, 3.8) is 0 Å². The molecule has 0 fully saturated rings. The van der Waals surface area contributed by atoms with Gasteiger partial charge in [-0.25, -0.2) is 8.42 Å². The molecule has 1 aromatic carbocycles. The van der Waals surface area contributed by atoms with Crippen LogP contribution in [0.1, 0.15) is 19.4 Å². The Hall–Kier alpha value is -0.810. The van der Waals surface area contributed by atoms with E-state index in [1.54, 1.807) is 38.1 Å². The zero-order valence-electron chi connectivity index (χ0n) is 8.64. The molecular formula is C10H13O3S2+. The Morgan fingerprint density at radius 2 is 1.73 bits per heavy atom. The van der Waals surface area contributed by atoms with Gasteiger partial charge >= 0.3 is 16.8 Å². The van der Waals surface area contributed by atoms with E-state index >= 15 is 0 Å². The van der Waals surface area contributed by atoms with E-state index in [-0.39, 0.29) is 11.7 Å². The van der Waals surface area contributed by atoms with Gasteiger partial charge in [0, 0.05) is 4.21 Å². The van der Waals surface area contributed by atoms with Gasteiger partial charge < -0.3 is 0 Å². The smallest absolute Gasteiger partial charge is 0.222 e. The molecule has 0 aliphatic rings. The van der Waals surface area contributed by atoms with Gasteiger partial charge in [-0.1, -0.05) is 30.3 Å². The monoisotopic (exact) mass is 245 g/mol. The van der Waals surface area contributed by atoms with Crippen molar-refractivity contribution in [1.29, 1.82) is 0 Å². The molecule has 0 saturated carbocycles. The fourth-order valence-electron chi connectivity index (χ4n) is 1.23. The summed E-state index contributed by atoms with van der Waals surface area (Å²) in [4.78, 5) is 0. The molecule has 0 unspecified atom stereocenters. The van der Waals surface area contributed by atoms with Crippen LogP contribution >= 0.6 is 0 Å². The minimum Gasteiger partial charge on any atom is -0.222 e. The molecule has 0 atom stereocenters. The summed E-state index contributed by atoms with van der Waals surface area (Å²) in [6, 6.07) is 8.92. The molecule has 15 heavy (non-hydrogen) atoms. The number of benzene rings is 1. The van der Waals surface area contributed by atoms with E-state index in [0.717, 1.165) is 0 Å². The third kappa shape index (κ3) is 2.41. The number of hydrogen-bond donors (Lipinski definition) is 0. The predicted molar refractivity (Wildman–Crippen MR) is 61.3 cm³/mol. The third-order valence-electron chi connectivity index (χ3n) is 2.45. The van der Waals surface area contributed by atoms with Crippen molar-refractivity contribution >= 4 is 21.5 Å². The quantitative estimate of drug-likeness (QED) is 0.759. The highest BCUT2D eigenvalue weighted by atomic mass is 32.3. The maximum Gasteiger partial charge on any atom is 0.475 e. The lowest BCUT2D eigenvalue weighted by atomic mass is 10.0. The van der Waals surface area contributed by atoms with Gasteiger partial charge in [0.25, 0.3) is 0 Å². The summed E-state index contributed by atoms with van der Waals surface area (Å²) in [5, 5.41) is -0.394. The van der Waals surface area contributed by atoms with Crippen LogP contribution in [0.2, 0.25) is 0 Å². The fourth-order valence-corrected chi connectivity index (χ4v) is 3.41. The molecule has 1 rings (SSSR count). The zero-order valence-corrected chi connectivity index (χ0v) is 10.3. The van der Waals surface area contributed by atoms with Crippen LogP contribution in [0.25, 0.3) is 0 Å². The summed E-state index contributed by atoms with van der Waals surface area (Å²) in [6.45, 7) is 3.24. The Morgan fingerprint density at radius 1 is 1.20 bits per heavy atom. The molecule has 0 radical (unpaired) electrons. The summed E-state index contributed by atoms with van der Waals surface area (Å²) in [6.07, 6.45) is 0. The average Bonchev–Trinajstić information content (AvgIpc) is 2.19. The van der Waals surface area contributed by atoms with Gasteiger partial charge in [0.15, 0.2) is 0 Å². The maximum atomic E-state index is 11.8. The first-order valence-electron chi connectivity index (χ1n) is 4.44. The van der Waals surface area contributed by atoms with Gasteiger partial charge in [-0.05, 0) is 19.4 Å². The standard InChI is InChI=1S/C10H13O3S2/c1-10(2,15(12,13)8-14-11)9-6-4-3-5-7-9/h3-7H,8H2,1-2H3/q+1. The molecule has 0 N–H and O–H groups in total. The molecule has 0 aromatic heterocycles. The van der Waals surface area contributed by atoms with E-state index in [2.05, 4.69) is 0 Å². The van der Waals surface area contributed by atoms with Crippen molar-refractivity contribution in [2.45, 2.75) is 18.6 Å². The van der Waals surface area contributed by atoms with Gasteiger partial charge in [-0.15, -0.1) is 0 Å². The Balaban J connectivity index is 3.19. The molecule has 0 bridgehead atoms. The van der Waals surface area contributed by atoms with Crippen molar-refractivity contribution in [2.75, 3.05) is 5.08 Å². The summed E-state index contributed by atoms with van der Waals surface area (Å²) in [7, 11) is -3.41. The van der Waals surface area contributed by atoms with E-state index in [1.807, 2.05) is 6.07 Å². The molecule has 82 valence electrons. The first-order valence-corrected chi connectivity index (χ1v) is 7.01. The molecule has 5 heteroatoms. The molecular weight excluding hydrogens is 232 g/mol. The molecule has 0 saturated heterocycles. The maximum absolute atomic E-state index is 11.8. The van der Waals surface area contributed by atoms with Gasteiger partial charge in [0.2, 0.25) is 9.84 Å². The van der Waals surface area contributed by atoms with Crippen LogP contribution < -0.4 is 0 Å². The first-order chi connectivity index (χ1) is 6.92. The van der Waals surface area contributed by atoms with Crippen molar-refractivity contribution in [1.82, 2.24) is 0 Å². The average molecular weight is 245 g/mol. The van der Waals surface area contributed by atoms with Crippen LogP contribution in [0, 0.1) is 0 Å². The number of hydrogen-bond acceptors (Lipinski definition) is 3. The van der Waals surface area contributed by atoms with E-state index < -0.39 is 19.7 Å². The first kappa shape index (κ1) is 12.3. The van der Waals surface area contributed by atoms with Gasteiger partial charge in [0.1, 0.15) is 0 Å². The molecule has 0 amide bonds. The van der Waals surface area contributed by atoms with E-state index in [4.69, 9.17) is 0 Å². The van der Waals surface area contributed by atoms with Crippen molar-refractivity contribution in [3.05, 3.63) is 35.9 Å². The highest BCUT2D eigenvalue weighted by Crippen LogP contribution is 2.29. The van der Waals surface area contributed by atoms with Crippen LogP contribution in [0.4, 0.5) is 0 Å². The lowest BCUT2D eigenvalue weighted by Gasteiger charge is -2.21. The van der Waals surface area contributed by atoms with Crippen molar-refractivity contribution < 1.29 is 12.6 Å². The van der Waals surface area contributed by atoms with Gasteiger partial charge in [-0.2, -0.15) is 0 Å². The second-order valence-electron chi connectivity index (χ2n) is 3.73. The van der Waals surface area contributed by atoms with Crippen LogP contribution in [0.3, 0.4) is 0 Å². The van der Waals surface area contributed by atoms with Crippen LogP contribution in [-0.2, 0) is 30.5 Å². The largest absolute Gasteiger partial charge is 0.475 e. The highest BCUT2D eigenvalue weighted by molar-refractivity contribution is 8.00. The predicted octanol–water partition coefficient (Wildman–Crippen LogP) is 1.72. The Morgan fingerprint density at radius 3 is 2.20 bits per heavy atom. The van der Waals surface area contributed by atoms with E-state index in [0.29, 0.717) is 5.56 Å². The molecule has 0 aliphatic carbocycles. The fraction of sp³-hybridized carbons (Fsp3) is 0.400. The molecule has 0 heterocycles. The van der Waals surface area contributed by atoms with E-state index in [1.165, 1.54) is 0 Å². The SMILES string of the molecule is CC(C)(c1ccccc1)S(=O)(=O)C[S+]=O. The minimum atomic E-state index is -3.41. The molecule has 1 aromatic rings. The molecule has 0 spiro atoms. The second-order valence-corrected chi connectivity index (χ2v) is 7.16. The van der Waals surface area contributed by atoms with Crippen molar-refractivity contribution in [2.24, 2.45) is 0 Å². The Labute approximate surface area is 93.9 Å².